The second-order valence-corrected chi connectivity index (χ2v) is 3.96. The molecule has 0 aliphatic heterocycles. The highest BCUT2D eigenvalue weighted by Crippen LogP contribution is 2.08. The van der Waals surface area contributed by atoms with Crippen molar-refractivity contribution in [1.82, 2.24) is 14.9 Å². The molecule has 7 heteroatoms. The molecular formula is C11H10N4O2S. The van der Waals surface area contributed by atoms with Crippen molar-refractivity contribution in [3.05, 3.63) is 50.6 Å². The smallest absolute Gasteiger partial charge is 0.296 e. The summed E-state index contributed by atoms with van der Waals surface area (Å²) in [4.78, 5) is 11.7. The summed E-state index contributed by atoms with van der Waals surface area (Å²) in [6.45, 7) is 1.56. The summed E-state index contributed by atoms with van der Waals surface area (Å²) in [6.07, 6.45) is 1.43. The van der Waals surface area contributed by atoms with E-state index in [9.17, 15) is 9.90 Å². The van der Waals surface area contributed by atoms with Gasteiger partial charge in [0.2, 0.25) is 4.77 Å². The first-order chi connectivity index (χ1) is 8.58. The molecular weight excluding hydrogens is 252 g/mol. The lowest BCUT2D eigenvalue weighted by molar-refractivity contribution is 0.475. The SMILES string of the molecule is Cc1n[nH]c(=S)n(/N=C/c2cccc(O)c2)c1=O. The largest absolute Gasteiger partial charge is 0.508 e. The number of aryl methyl sites for hydroxylation is 1. The number of rotatable bonds is 2. The molecule has 0 saturated carbocycles. The van der Waals surface area contributed by atoms with E-state index < -0.39 is 0 Å². The molecule has 0 atom stereocenters. The Bertz CT molecular complexity index is 717. The highest BCUT2D eigenvalue weighted by molar-refractivity contribution is 7.71. The number of aromatic hydroxyl groups is 1. The molecule has 0 radical (unpaired) electrons. The number of phenolic OH excluding ortho intramolecular Hbond substituents is 1. The lowest BCUT2D eigenvalue weighted by Gasteiger charge is -1.99. The van der Waals surface area contributed by atoms with Crippen molar-refractivity contribution in [1.29, 1.82) is 0 Å². The quantitative estimate of drug-likeness (QED) is 0.629. The van der Waals surface area contributed by atoms with Crippen LogP contribution in [-0.2, 0) is 0 Å². The molecule has 0 spiro atoms. The molecule has 2 rings (SSSR count). The minimum absolute atomic E-state index is 0.113. The maximum atomic E-state index is 11.7. The van der Waals surface area contributed by atoms with Crippen LogP contribution in [0.3, 0.4) is 0 Å². The molecule has 0 saturated heterocycles. The Kier molecular flexibility index (Phi) is 3.33. The third-order valence-corrected chi connectivity index (χ3v) is 2.47. The summed E-state index contributed by atoms with van der Waals surface area (Å²) in [6, 6.07) is 6.49. The summed E-state index contributed by atoms with van der Waals surface area (Å²) in [5, 5.41) is 19.5. The van der Waals surface area contributed by atoms with Crippen LogP contribution in [0.15, 0.2) is 34.2 Å². The van der Waals surface area contributed by atoms with E-state index in [0.717, 1.165) is 4.68 Å². The minimum Gasteiger partial charge on any atom is -0.508 e. The average Bonchev–Trinajstić information content (AvgIpc) is 2.34. The van der Waals surface area contributed by atoms with Crippen molar-refractivity contribution in [3.8, 4) is 5.75 Å². The van der Waals surface area contributed by atoms with Crippen LogP contribution in [0, 0.1) is 11.7 Å². The summed E-state index contributed by atoms with van der Waals surface area (Å²) < 4.78 is 1.16. The second kappa shape index (κ2) is 4.92. The Balaban J connectivity index is 2.44. The summed E-state index contributed by atoms with van der Waals surface area (Å²) >= 11 is 4.92. The molecule has 2 aromatic rings. The van der Waals surface area contributed by atoms with Crippen molar-refractivity contribution in [2.24, 2.45) is 5.10 Å². The molecule has 0 amide bonds. The number of benzene rings is 1. The second-order valence-electron chi connectivity index (χ2n) is 3.57. The van der Waals surface area contributed by atoms with Crippen LogP contribution >= 0.6 is 12.2 Å². The van der Waals surface area contributed by atoms with Gasteiger partial charge in [0.15, 0.2) is 0 Å². The van der Waals surface area contributed by atoms with Crippen LogP contribution in [-0.4, -0.2) is 26.2 Å². The number of phenols is 1. The fourth-order valence-corrected chi connectivity index (χ4v) is 1.48. The van der Waals surface area contributed by atoms with Crippen LogP contribution in [0.5, 0.6) is 5.75 Å². The Morgan fingerprint density at radius 2 is 2.33 bits per heavy atom. The fourth-order valence-electron chi connectivity index (χ4n) is 1.31. The highest BCUT2D eigenvalue weighted by atomic mass is 32.1. The van der Waals surface area contributed by atoms with E-state index >= 15 is 0 Å². The number of hydrogen-bond donors (Lipinski definition) is 2. The van der Waals surface area contributed by atoms with Crippen molar-refractivity contribution in [2.45, 2.75) is 6.92 Å². The molecule has 0 aliphatic carbocycles. The monoisotopic (exact) mass is 262 g/mol. The average molecular weight is 262 g/mol. The lowest BCUT2D eigenvalue weighted by atomic mass is 10.2. The van der Waals surface area contributed by atoms with Gasteiger partial charge in [-0.2, -0.15) is 14.9 Å². The van der Waals surface area contributed by atoms with Gasteiger partial charge in [-0.25, -0.2) is 0 Å². The van der Waals surface area contributed by atoms with Gasteiger partial charge in [-0.15, -0.1) is 0 Å². The summed E-state index contributed by atoms with van der Waals surface area (Å²) in [5.74, 6) is 0.127. The van der Waals surface area contributed by atoms with Crippen LogP contribution in [0.25, 0.3) is 0 Å². The molecule has 2 N–H and O–H groups in total. The third-order valence-electron chi connectivity index (χ3n) is 2.21. The van der Waals surface area contributed by atoms with Gasteiger partial charge in [-0.1, -0.05) is 12.1 Å². The van der Waals surface area contributed by atoms with Crippen LogP contribution < -0.4 is 5.56 Å². The van der Waals surface area contributed by atoms with E-state index in [1.54, 1.807) is 25.1 Å². The van der Waals surface area contributed by atoms with Crippen molar-refractivity contribution >= 4 is 18.4 Å². The first-order valence-corrected chi connectivity index (χ1v) is 5.50. The zero-order chi connectivity index (χ0) is 13.1. The number of nitrogens with zero attached hydrogens (tertiary/aromatic N) is 3. The Morgan fingerprint density at radius 1 is 1.56 bits per heavy atom. The van der Waals surface area contributed by atoms with Crippen LogP contribution in [0.4, 0.5) is 0 Å². The number of aromatic amines is 1. The Morgan fingerprint density at radius 3 is 3.06 bits per heavy atom. The predicted molar refractivity (Wildman–Crippen MR) is 69.5 cm³/mol. The number of hydrogen-bond acceptors (Lipinski definition) is 5. The maximum absolute atomic E-state index is 11.7. The molecule has 1 aromatic carbocycles. The maximum Gasteiger partial charge on any atom is 0.296 e. The van der Waals surface area contributed by atoms with Crippen LogP contribution in [0.1, 0.15) is 11.3 Å². The van der Waals surface area contributed by atoms with Crippen molar-refractivity contribution < 1.29 is 5.11 Å². The normalized spacial score (nSPS) is 10.9. The number of nitrogens with one attached hydrogen (secondary N) is 1. The van der Waals surface area contributed by atoms with E-state index in [4.69, 9.17) is 12.2 Å². The first kappa shape index (κ1) is 12.2. The molecule has 0 unspecified atom stereocenters. The van der Waals surface area contributed by atoms with Gasteiger partial charge >= 0.3 is 0 Å². The molecule has 0 aliphatic rings. The zero-order valence-corrected chi connectivity index (χ0v) is 10.3. The van der Waals surface area contributed by atoms with E-state index in [0.29, 0.717) is 5.56 Å². The number of H-pyrrole nitrogens is 1. The van der Waals surface area contributed by atoms with Gasteiger partial charge in [-0.3, -0.25) is 9.89 Å². The zero-order valence-electron chi connectivity index (χ0n) is 9.49. The van der Waals surface area contributed by atoms with Gasteiger partial charge < -0.3 is 5.11 Å². The molecule has 0 bridgehead atoms. The van der Waals surface area contributed by atoms with Gasteiger partial charge in [0.25, 0.3) is 5.56 Å². The minimum atomic E-state index is -0.379. The number of aromatic nitrogens is 3. The van der Waals surface area contributed by atoms with E-state index in [1.807, 2.05) is 0 Å². The molecule has 92 valence electrons. The van der Waals surface area contributed by atoms with E-state index in [1.165, 1.54) is 12.3 Å². The molecule has 1 aromatic heterocycles. The summed E-state index contributed by atoms with van der Waals surface area (Å²) in [5.41, 5.74) is 0.553. The lowest BCUT2D eigenvalue weighted by Crippen LogP contribution is -2.22. The van der Waals surface area contributed by atoms with Gasteiger partial charge in [0.05, 0.1) is 6.21 Å². The van der Waals surface area contributed by atoms with E-state index in [-0.39, 0.29) is 21.8 Å². The summed E-state index contributed by atoms with van der Waals surface area (Å²) in [7, 11) is 0. The third kappa shape index (κ3) is 2.51. The standard InChI is InChI=1S/C11H10N4O2S/c1-7-10(17)15(11(18)14-13-7)12-6-8-3-2-4-9(16)5-8/h2-6,16H,1H3,(H,14,18)/b12-6+. The predicted octanol–water partition coefficient (Wildman–Crippen LogP) is 1.20. The van der Waals surface area contributed by atoms with Gasteiger partial charge in [-0.05, 0) is 36.8 Å². The van der Waals surface area contributed by atoms with E-state index in [2.05, 4.69) is 15.3 Å². The Hall–Kier alpha value is -2.28. The van der Waals surface area contributed by atoms with Gasteiger partial charge in [0, 0.05) is 0 Å². The topological polar surface area (TPSA) is 83.3 Å². The fraction of sp³-hybridized carbons (Fsp3) is 0.0909. The molecule has 18 heavy (non-hydrogen) atoms. The van der Waals surface area contributed by atoms with Crippen molar-refractivity contribution in [2.75, 3.05) is 0 Å². The molecule has 1 heterocycles. The van der Waals surface area contributed by atoms with Gasteiger partial charge in [0.1, 0.15) is 11.4 Å². The van der Waals surface area contributed by atoms with Crippen LogP contribution in [0.2, 0.25) is 0 Å². The molecule has 0 fully saturated rings. The molecule has 6 nitrogen and oxygen atoms in total. The Labute approximate surface area is 107 Å². The first-order valence-electron chi connectivity index (χ1n) is 5.09. The highest BCUT2D eigenvalue weighted by Gasteiger charge is 2.00. The van der Waals surface area contributed by atoms with Crippen molar-refractivity contribution in [3.63, 3.8) is 0 Å².